The van der Waals surface area contributed by atoms with E-state index in [1.807, 2.05) is 0 Å². The van der Waals surface area contributed by atoms with Gasteiger partial charge in [0.1, 0.15) is 66.8 Å². The largest absolute Gasteiger partial charge is 0.394 e. The minimum Gasteiger partial charge on any atom is -0.394 e. The summed E-state index contributed by atoms with van der Waals surface area (Å²) in [4.78, 5) is 28.2. The molecule has 18 nitrogen and oxygen atoms in total. The van der Waals surface area contributed by atoms with E-state index in [-0.39, 0.29) is 6.54 Å². The molecule has 0 aliphatic carbocycles. The molecule has 1 aromatic heterocycles. The number of anilines is 1. The van der Waals surface area contributed by atoms with Gasteiger partial charge >= 0.3 is 0 Å². The van der Waals surface area contributed by atoms with Crippen molar-refractivity contribution < 1.29 is 73.8 Å². The number of hydrogen-bond donors (Lipinski definition) is 11. The Hall–Kier alpha value is -2.66. The average molecular weight is 667 g/mol. The molecular weight excluding hydrogens is 623 g/mol. The zero-order valence-electron chi connectivity index (χ0n) is 25.1. The Kier molecular flexibility index (Phi) is 14.4. The number of carbonyl (C=O) groups excluding carboxylic acids is 2. The van der Waals surface area contributed by atoms with Crippen LogP contribution in [0.2, 0.25) is 0 Å². The van der Waals surface area contributed by atoms with Crippen molar-refractivity contribution in [1.29, 1.82) is 0 Å². The first-order chi connectivity index (χ1) is 21.8. The zero-order valence-corrected chi connectivity index (χ0v) is 25.1. The van der Waals surface area contributed by atoms with Gasteiger partial charge in [0.2, 0.25) is 11.8 Å². The summed E-state index contributed by atoms with van der Waals surface area (Å²) in [5.41, 5.74) is 0. The molecule has 1 aromatic rings. The third kappa shape index (κ3) is 9.46. The summed E-state index contributed by atoms with van der Waals surface area (Å²) < 4.78 is 36.7. The van der Waals surface area contributed by atoms with Gasteiger partial charge in [0.25, 0.3) is 0 Å². The van der Waals surface area contributed by atoms with Gasteiger partial charge in [-0.15, -0.1) is 0 Å². The van der Waals surface area contributed by atoms with Crippen LogP contribution in [0.25, 0.3) is 0 Å². The number of aliphatic hydroxyl groups is 8. The van der Waals surface area contributed by atoms with Gasteiger partial charge in [0.15, 0.2) is 18.8 Å². The van der Waals surface area contributed by atoms with Crippen molar-refractivity contribution in [2.75, 3.05) is 31.7 Å². The van der Waals surface area contributed by atoms with Crippen LogP contribution in [0.4, 0.5) is 10.2 Å². The zero-order chi connectivity index (χ0) is 34.1. The molecule has 3 rings (SSSR count). The number of hydrogen-bond acceptors (Lipinski definition) is 16. The van der Waals surface area contributed by atoms with E-state index in [0.717, 1.165) is 6.92 Å². The molecule has 2 saturated heterocycles. The van der Waals surface area contributed by atoms with Crippen molar-refractivity contribution in [3.05, 3.63) is 24.4 Å². The van der Waals surface area contributed by atoms with Crippen molar-refractivity contribution in [3.8, 4) is 0 Å². The fourth-order valence-electron chi connectivity index (χ4n) is 5.13. The fourth-order valence-corrected chi connectivity index (χ4v) is 5.13. The van der Waals surface area contributed by atoms with Crippen LogP contribution in [-0.2, 0) is 28.5 Å². The molecule has 19 heteroatoms. The Labute approximate surface area is 263 Å². The Morgan fingerprint density at radius 2 is 1.65 bits per heavy atom. The van der Waals surface area contributed by atoms with Crippen LogP contribution in [0.3, 0.4) is 0 Å². The van der Waals surface area contributed by atoms with Crippen LogP contribution in [-0.4, -0.2) is 170 Å². The monoisotopic (exact) mass is 666 g/mol. The number of alkyl halides is 1. The highest BCUT2D eigenvalue weighted by molar-refractivity contribution is 5.73. The highest BCUT2D eigenvalue weighted by Gasteiger charge is 2.52. The van der Waals surface area contributed by atoms with Crippen molar-refractivity contribution in [3.63, 3.8) is 0 Å². The number of amides is 2. The Morgan fingerprint density at radius 3 is 2.22 bits per heavy atom. The summed E-state index contributed by atoms with van der Waals surface area (Å²) >= 11 is 0. The molecule has 7 unspecified atom stereocenters. The van der Waals surface area contributed by atoms with E-state index >= 15 is 0 Å². The SMILES string of the molecule is CC(=O)NC(CNc1ccccn1)[C@H](O)C(O[C@@H]1OC(CO)[C@@H](O[C@@H]2OC(CO)[C@H](F)[C@H](O)C2O)[C@H](O)C1NC(C)=O)C(O)CO. The van der Waals surface area contributed by atoms with E-state index in [0.29, 0.717) is 5.82 Å². The second-order valence-electron chi connectivity index (χ2n) is 10.9. The maximum atomic E-state index is 14.2. The number of rotatable bonds is 15. The maximum Gasteiger partial charge on any atom is 0.217 e. The third-order valence-electron chi connectivity index (χ3n) is 7.48. The summed E-state index contributed by atoms with van der Waals surface area (Å²) in [6.45, 7) is -0.596. The maximum absolute atomic E-state index is 14.2. The lowest BCUT2D eigenvalue weighted by atomic mass is 9.95. The lowest BCUT2D eigenvalue weighted by Crippen LogP contribution is -2.68. The molecule has 0 saturated carbocycles. The van der Waals surface area contributed by atoms with Crippen LogP contribution in [0.5, 0.6) is 0 Å². The number of nitrogens with one attached hydrogen (secondary N) is 3. The van der Waals surface area contributed by atoms with E-state index in [4.69, 9.17) is 18.9 Å². The molecule has 0 bridgehead atoms. The molecule has 3 heterocycles. The van der Waals surface area contributed by atoms with E-state index in [1.165, 1.54) is 13.1 Å². The quantitative estimate of drug-likeness (QED) is 0.0835. The lowest BCUT2D eigenvalue weighted by Gasteiger charge is -2.48. The number of aliphatic hydroxyl groups excluding tert-OH is 8. The van der Waals surface area contributed by atoms with Gasteiger partial charge in [0.05, 0.1) is 25.9 Å². The molecule has 46 heavy (non-hydrogen) atoms. The van der Waals surface area contributed by atoms with Crippen LogP contribution >= 0.6 is 0 Å². The van der Waals surface area contributed by atoms with Crippen LogP contribution in [0.15, 0.2) is 24.4 Å². The van der Waals surface area contributed by atoms with Crippen molar-refractivity contribution in [1.82, 2.24) is 15.6 Å². The summed E-state index contributed by atoms with van der Waals surface area (Å²) in [6, 6.07) is 2.25. The van der Waals surface area contributed by atoms with Crippen molar-refractivity contribution >= 4 is 17.6 Å². The second kappa shape index (κ2) is 17.5. The summed E-state index contributed by atoms with van der Waals surface area (Å²) in [5.74, 6) is -0.897. The normalized spacial score (nSPS) is 34.2. The number of nitrogens with zero attached hydrogens (tertiary/aromatic N) is 1. The fraction of sp³-hybridized carbons (Fsp3) is 0.741. The third-order valence-corrected chi connectivity index (χ3v) is 7.48. The minimum atomic E-state index is -2.17. The number of ether oxygens (including phenoxy) is 4. The highest BCUT2D eigenvalue weighted by Crippen LogP contribution is 2.31. The molecule has 262 valence electrons. The predicted molar refractivity (Wildman–Crippen MR) is 151 cm³/mol. The van der Waals surface area contributed by atoms with Crippen LogP contribution < -0.4 is 16.0 Å². The number of aromatic nitrogens is 1. The molecule has 0 spiro atoms. The van der Waals surface area contributed by atoms with E-state index in [1.54, 1.807) is 18.2 Å². The Morgan fingerprint density at radius 1 is 0.978 bits per heavy atom. The van der Waals surface area contributed by atoms with Gasteiger partial charge in [-0.05, 0) is 12.1 Å². The molecule has 14 atom stereocenters. The minimum absolute atomic E-state index is 0.141. The second-order valence-corrected chi connectivity index (χ2v) is 10.9. The van der Waals surface area contributed by atoms with E-state index in [9.17, 15) is 54.8 Å². The van der Waals surface area contributed by atoms with Gasteiger partial charge in [-0.1, -0.05) is 6.07 Å². The highest BCUT2D eigenvalue weighted by atomic mass is 19.1. The predicted octanol–water partition coefficient (Wildman–Crippen LogP) is -5.16. The summed E-state index contributed by atoms with van der Waals surface area (Å²) in [7, 11) is 0. The number of carbonyl (C=O) groups is 2. The van der Waals surface area contributed by atoms with Crippen molar-refractivity contribution in [2.45, 2.75) is 99.6 Å². The molecule has 0 aromatic carbocycles. The van der Waals surface area contributed by atoms with Gasteiger partial charge < -0.3 is 75.8 Å². The Bertz CT molecular complexity index is 1100. The average Bonchev–Trinajstić information content (AvgIpc) is 3.03. The molecule has 11 N–H and O–H groups in total. The van der Waals surface area contributed by atoms with Crippen molar-refractivity contribution in [2.24, 2.45) is 0 Å². The summed E-state index contributed by atoms with van der Waals surface area (Å²) in [5, 5.41) is 90.8. The topological polar surface area (TPSA) is 282 Å². The van der Waals surface area contributed by atoms with Gasteiger partial charge in [-0.25, -0.2) is 9.37 Å². The Balaban J connectivity index is 1.86. The lowest BCUT2D eigenvalue weighted by molar-refractivity contribution is -0.351. The smallest absolute Gasteiger partial charge is 0.217 e. The van der Waals surface area contributed by atoms with Gasteiger partial charge in [0, 0.05) is 26.6 Å². The number of pyridine rings is 1. The molecule has 2 amide bonds. The van der Waals surface area contributed by atoms with Crippen LogP contribution in [0, 0.1) is 0 Å². The van der Waals surface area contributed by atoms with E-state index in [2.05, 4.69) is 20.9 Å². The standard InChI is InChI=1S/C27H43FN4O14/c1-11(36)31-13(7-30-17-5-3-4-6-29-17)20(39)24(14(38)8-33)45-26-19(32-12(2)37)22(41)25(16(10-35)44-26)46-27-23(42)21(40)18(28)15(9-34)43-27/h3-6,13-16,18-27,33-35,38-42H,7-10H2,1-2H3,(H,29,30)(H,31,36)(H,32,37)/t13?,14?,15?,16?,18-,19?,20-,21-,22+,23?,24?,25+,26-,27-/m0/s1. The molecule has 2 aliphatic rings. The van der Waals surface area contributed by atoms with E-state index < -0.39 is 117 Å². The van der Waals surface area contributed by atoms with Gasteiger partial charge in [-0.2, -0.15) is 0 Å². The number of halogens is 1. The molecule has 0 radical (unpaired) electrons. The van der Waals surface area contributed by atoms with Crippen LogP contribution in [0.1, 0.15) is 13.8 Å². The molecule has 2 aliphatic heterocycles. The first-order valence-electron chi connectivity index (χ1n) is 14.5. The molecular formula is C27H43FN4O14. The molecule has 2 fully saturated rings. The summed E-state index contributed by atoms with van der Waals surface area (Å²) in [6.07, 6.45) is -20.2. The van der Waals surface area contributed by atoms with Gasteiger partial charge in [-0.3, -0.25) is 9.59 Å². The first kappa shape index (κ1) is 37.8. The first-order valence-corrected chi connectivity index (χ1v) is 14.5.